The van der Waals surface area contributed by atoms with Crippen molar-refractivity contribution in [2.75, 3.05) is 13.2 Å². The first kappa shape index (κ1) is 15.7. The van der Waals surface area contributed by atoms with Crippen LogP contribution in [0.1, 0.15) is 26.2 Å². The monoisotopic (exact) mass is 315 g/mol. The fraction of sp³-hybridized carbons (Fsp3) is 0.471. The zero-order chi connectivity index (χ0) is 16.2. The van der Waals surface area contributed by atoms with Gasteiger partial charge in [0.2, 0.25) is 17.7 Å². The number of rotatable bonds is 4. The van der Waals surface area contributed by atoms with Crippen LogP contribution in [-0.4, -0.2) is 46.3 Å². The number of morpholine rings is 1. The van der Waals surface area contributed by atoms with Crippen molar-refractivity contribution in [3.63, 3.8) is 0 Å². The Balaban J connectivity index is 1.58. The summed E-state index contributed by atoms with van der Waals surface area (Å²) >= 11 is 0. The molecule has 0 saturated carbocycles. The van der Waals surface area contributed by atoms with Crippen molar-refractivity contribution in [3.05, 3.63) is 36.2 Å². The van der Waals surface area contributed by atoms with Crippen LogP contribution in [0.4, 0.5) is 0 Å². The number of hydrogen-bond acceptors (Lipinski definition) is 5. The summed E-state index contributed by atoms with van der Waals surface area (Å²) in [4.78, 5) is 14.3. The number of carbonyl (C=O) groups is 1. The summed E-state index contributed by atoms with van der Waals surface area (Å²) in [5.74, 6) is 1.08. The highest BCUT2D eigenvalue weighted by atomic mass is 16.5. The van der Waals surface area contributed by atoms with Crippen molar-refractivity contribution in [2.45, 2.75) is 38.8 Å². The molecule has 0 N–H and O–H groups in total. The van der Waals surface area contributed by atoms with Crippen molar-refractivity contribution >= 4 is 5.91 Å². The summed E-state index contributed by atoms with van der Waals surface area (Å²) in [6, 6.07) is 9.72. The molecule has 1 aromatic heterocycles. The Kier molecular flexibility index (Phi) is 4.71. The average molecular weight is 315 g/mol. The molecule has 1 fully saturated rings. The molecule has 1 amide bonds. The molecule has 6 heteroatoms. The minimum atomic E-state index is 0.0863. The summed E-state index contributed by atoms with van der Waals surface area (Å²) in [6.07, 6.45) is 0.910. The molecule has 2 atom stereocenters. The van der Waals surface area contributed by atoms with Crippen LogP contribution in [0.3, 0.4) is 0 Å². The van der Waals surface area contributed by atoms with Crippen LogP contribution >= 0.6 is 0 Å². The van der Waals surface area contributed by atoms with E-state index in [0.29, 0.717) is 37.8 Å². The van der Waals surface area contributed by atoms with Crippen LogP contribution in [0.25, 0.3) is 11.5 Å². The van der Waals surface area contributed by atoms with E-state index in [0.717, 1.165) is 5.56 Å². The molecule has 0 bridgehead atoms. The van der Waals surface area contributed by atoms with Crippen molar-refractivity contribution in [2.24, 2.45) is 0 Å². The van der Waals surface area contributed by atoms with Gasteiger partial charge in [0, 0.05) is 24.9 Å². The zero-order valence-corrected chi connectivity index (χ0v) is 13.4. The summed E-state index contributed by atoms with van der Waals surface area (Å²) in [6.45, 7) is 5.21. The van der Waals surface area contributed by atoms with Crippen LogP contribution in [-0.2, 0) is 16.0 Å². The molecule has 1 aromatic carbocycles. The van der Waals surface area contributed by atoms with E-state index in [1.807, 2.05) is 49.1 Å². The number of hydrogen-bond donors (Lipinski definition) is 0. The van der Waals surface area contributed by atoms with Crippen molar-refractivity contribution in [1.82, 2.24) is 15.1 Å². The van der Waals surface area contributed by atoms with Gasteiger partial charge in [0.25, 0.3) is 0 Å². The van der Waals surface area contributed by atoms with E-state index in [9.17, 15) is 4.79 Å². The third-order valence-corrected chi connectivity index (χ3v) is 3.97. The maximum absolute atomic E-state index is 12.4. The third kappa shape index (κ3) is 3.76. The van der Waals surface area contributed by atoms with Gasteiger partial charge >= 0.3 is 0 Å². The predicted molar refractivity (Wildman–Crippen MR) is 84.6 cm³/mol. The molecule has 0 aliphatic carbocycles. The zero-order valence-electron chi connectivity index (χ0n) is 13.4. The highest BCUT2D eigenvalue weighted by Crippen LogP contribution is 2.18. The van der Waals surface area contributed by atoms with Gasteiger partial charge in [-0.1, -0.05) is 18.2 Å². The van der Waals surface area contributed by atoms with Crippen LogP contribution in [0.2, 0.25) is 0 Å². The lowest BCUT2D eigenvalue weighted by Gasteiger charge is -2.36. The fourth-order valence-corrected chi connectivity index (χ4v) is 2.66. The van der Waals surface area contributed by atoms with E-state index in [2.05, 4.69) is 10.2 Å². The number of benzene rings is 1. The Morgan fingerprint density at radius 3 is 2.83 bits per heavy atom. The second-order valence-corrected chi connectivity index (χ2v) is 5.91. The van der Waals surface area contributed by atoms with Gasteiger partial charge in [0.1, 0.15) is 0 Å². The maximum atomic E-state index is 12.4. The Labute approximate surface area is 135 Å². The Bertz CT molecular complexity index is 656. The van der Waals surface area contributed by atoms with Gasteiger partial charge in [0.05, 0.1) is 18.8 Å². The van der Waals surface area contributed by atoms with Gasteiger partial charge in [-0.25, -0.2) is 0 Å². The molecule has 0 spiro atoms. The van der Waals surface area contributed by atoms with E-state index < -0.39 is 0 Å². The second-order valence-electron chi connectivity index (χ2n) is 5.91. The van der Waals surface area contributed by atoms with Gasteiger partial charge in [-0.15, -0.1) is 10.2 Å². The molecule has 1 aliphatic rings. The van der Waals surface area contributed by atoms with Crippen molar-refractivity contribution in [1.29, 1.82) is 0 Å². The van der Waals surface area contributed by atoms with Gasteiger partial charge in [-0.05, 0) is 26.0 Å². The van der Waals surface area contributed by atoms with Crippen LogP contribution in [0, 0.1) is 0 Å². The summed E-state index contributed by atoms with van der Waals surface area (Å²) in [5.41, 5.74) is 0.883. The quantitative estimate of drug-likeness (QED) is 0.866. The molecular weight excluding hydrogens is 294 g/mol. The molecule has 0 radical (unpaired) electrons. The van der Waals surface area contributed by atoms with Crippen molar-refractivity contribution in [3.8, 4) is 11.5 Å². The lowest BCUT2D eigenvalue weighted by molar-refractivity contribution is -0.143. The van der Waals surface area contributed by atoms with Crippen LogP contribution in [0.5, 0.6) is 0 Å². The maximum Gasteiger partial charge on any atom is 0.247 e. The highest BCUT2D eigenvalue weighted by molar-refractivity contribution is 5.76. The van der Waals surface area contributed by atoms with Crippen LogP contribution in [0.15, 0.2) is 34.7 Å². The van der Waals surface area contributed by atoms with E-state index in [4.69, 9.17) is 9.15 Å². The third-order valence-electron chi connectivity index (χ3n) is 3.97. The summed E-state index contributed by atoms with van der Waals surface area (Å²) in [5, 5.41) is 8.07. The minimum Gasteiger partial charge on any atom is -0.421 e. The number of aromatic nitrogens is 2. The molecule has 2 heterocycles. The lowest BCUT2D eigenvalue weighted by atomic mass is 10.1. The number of nitrogens with zero attached hydrogens (tertiary/aromatic N) is 3. The normalized spacial score (nSPS) is 21.4. The van der Waals surface area contributed by atoms with E-state index in [-0.39, 0.29) is 18.1 Å². The number of amides is 1. The molecule has 122 valence electrons. The minimum absolute atomic E-state index is 0.0863. The first-order chi connectivity index (χ1) is 11.1. The highest BCUT2D eigenvalue weighted by Gasteiger charge is 2.27. The van der Waals surface area contributed by atoms with E-state index in [1.54, 1.807) is 0 Å². The molecule has 1 aliphatic heterocycles. The Hall–Kier alpha value is -2.21. The van der Waals surface area contributed by atoms with E-state index in [1.165, 1.54) is 0 Å². The predicted octanol–water partition coefficient (Wildman–Crippen LogP) is 2.31. The summed E-state index contributed by atoms with van der Waals surface area (Å²) in [7, 11) is 0. The number of aryl methyl sites for hydroxylation is 1. The van der Waals surface area contributed by atoms with Crippen molar-refractivity contribution < 1.29 is 13.9 Å². The molecule has 23 heavy (non-hydrogen) atoms. The summed E-state index contributed by atoms with van der Waals surface area (Å²) < 4.78 is 11.2. The van der Waals surface area contributed by atoms with E-state index >= 15 is 0 Å². The SMILES string of the molecule is C[C@@H]1CN(C(=O)CCc2nnc(-c3ccccc3)o2)[C@@H](C)CO1. The topological polar surface area (TPSA) is 68.5 Å². The van der Waals surface area contributed by atoms with Crippen LogP contribution < -0.4 is 0 Å². The number of carbonyl (C=O) groups excluding carboxylic acids is 1. The van der Waals surface area contributed by atoms with Gasteiger partial charge in [-0.2, -0.15) is 0 Å². The molecule has 3 rings (SSSR count). The van der Waals surface area contributed by atoms with Gasteiger partial charge < -0.3 is 14.1 Å². The fourth-order valence-electron chi connectivity index (χ4n) is 2.66. The second kappa shape index (κ2) is 6.91. The Morgan fingerprint density at radius 1 is 1.26 bits per heavy atom. The average Bonchev–Trinajstić information content (AvgIpc) is 3.05. The molecule has 6 nitrogen and oxygen atoms in total. The Morgan fingerprint density at radius 2 is 2.04 bits per heavy atom. The smallest absolute Gasteiger partial charge is 0.247 e. The molecule has 1 saturated heterocycles. The standard InChI is InChI=1S/C17H21N3O3/c1-12-11-22-13(2)10-20(12)16(21)9-8-15-18-19-17(23-15)14-6-4-3-5-7-14/h3-7,12-13H,8-11H2,1-2H3/t12-,13+/m0/s1. The molecular formula is C17H21N3O3. The van der Waals surface area contributed by atoms with Gasteiger partial charge in [-0.3, -0.25) is 4.79 Å². The molecule has 2 aromatic rings. The molecule has 0 unspecified atom stereocenters. The first-order valence-corrected chi connectivity index (χ1v) is 7.92. The number of ether oxygens (including phenoxy) is 1. The van der Waals surface area contributed by atoms with Gasteiger partial charge in [0.15, 0.2) is 0 Å². The lowest BCUT2D eigenvalue weighted by Crippen LogP contribution is -2.50. The first-order valence-electron chi connectivity index (χ1n) is 7.92. The largest absolute Gasteiger partial charge is 0.421 e.